The third kappa shape index (κ3) is 5.16. The van der Waals surface area contributed by atoms with Crippen molar-refractivity contribution in [3.05, 3.63) is 113 Å². The van der Waals surface area contributed by atoms with Crippen LogP contribution in [0.1, 0.15) is 43.0 Å². The lowest BCUT2D eigenvalue weighted by atomic mass is 9.90. The zero-order valence-electron chi connectivity index (χ0n) is 18.6. The van der Waals surface area contributed by atoms with Gasteiger partial charge >= 0.3 is 6.18 Å². The zero-order valence-corrected chi connectivity index (χ0v) is 18.6. The number of hydrogen-bond acceptors (Lipinski definition) is 3. The Kier molecular flexibility index (Phi) is 6.55. The number of nitrogens with zero attached hydrogens (tertiary/aromatic N) is 1. The number of halogens is 3. The van der Waals surface area contributed by atoms with Gasteiger partial charge in [0.15, 0.2) is 5.78 Å². The van der Waals surface area contributed by atoms with E-state index in [1.54, 1.807) is 41.3 Å². The maximum absolute atomic E-state index is 13.1. The van der Waals surface area contributed by atoms with Gasteiger partial charge in [-0.15, -0.1) is 0 Å². The molecule has 178 valence electrons. The van der Waals surface area contributed by atoms with Crippen LogP contribution in [-0.4, -0.2) is 29.0 Å². The summed E-state index contributed by atoms with van der Waals surface area (Å²) in [6.45, 7) is 4.06. The number of anilines is 1. The first kappa shape index (κ1) is 23.9. The Balaban J connectivity index is 1.54. The summed E-state index contributed by atoms with van der Waals surface area (Å²) in [4.78, 5) is 39.4. The zero-order chi connectivity index (χ0) is 25.2. The van der Waals surface area contributed by atoms with Crippen LogP contribution in [0.3, 0.4) is 0 Å². The second kappa shape index (κ2) is 9.58. The summed E-state index contributed by atoms with van der Waals surface area (Å²) in [5.74, 6) is -0.961. The Morgan fingerprint density at radius 1 is 0.943 bits per heavy atom. The van der Waals surface area contributed by atoms with Crippen LogP contribution in [0, 0.1) is 0 Å². The van der Waals surface area contributed by atoms with Crippen LogP contribution < -0.4 is 5.32 Å². The summed E-state index contributed by atoms with van der Waals surface area (Å²) in [6, 6.07) is 15.9. The highest BCUT2D eigenvalue weighted by molar-refractivity contribution is 6.10. The molecule has 1 N–H and O–H groups in total. The monoisotopic (exact) mass is 478 g/mol. The summed E-state index contributed by atoms with van der Waals surface area (Å²) in [5.41, 5.74) is 2.25. The Bertz CT molecular complexity index is 1310. The standard InChI is InChI=1S/C27H21F3N2O3/c1-2-24(33)31-21-7-3-5-18(15-21)26(35)32-14-13-22-19(16-32)6-4-8-23(22)25(34)17-9-11-20(12-10-17)27(28,29)30/h2-12,15H,1,13-14,16H2,(H,31,33). The molecule has 0 saturated heterocycles. The second-order valence-corrected chi connectivity index (χ2v) is 8.10. The van der Waals surface area contributed by atoms with Gasteiger partial charge in [-0.1, -0.05) is 43.0 Å². The minimum absolute atomic E-state index is 0.170. The van der Waals surface area contributed by atoms with Gasteiger partial charge in [-0.2, -0.15) is 13.2 Å². The summed E-state index contributed by atoms with van der Waals surface area (Å²) in [5, 5.41) is 2.62. The van der Waals surface area contributed by atoms with Crippen LogP contribution in [0.25, 0.3) is 0 Å². The molecule has 3 aromatic carbocycles. The van der Waals surface area contributed by atoms with Gasteiger partial charge in [-0.05, 0) is 54.0 Å². The highest BCUT2D eigenvalue weighted by atomic mass is 19.4. The number of amides is 2. The Hall–Kier alpha value is -4.20. The third-order valence-corrected chi connectivity index (χ3v) is 5.83. The Morgan fingerprint density at radius 3 is 2.34 bits per heavy atom. The first-order valence-corrected chi connectivity index (χ1v) is 10.8. The van der Waals surface area contributed by atoms with E-state index in [9.17, 15) is 27.6 Å². The highest BCUT2D eigenvalue weighted by Gasteiger charge is 2.31. The molecule has 0 fully saturated rings. The number of benzene rings is 3. The van der Waals surface area contributed by atoms with Crippen molar-refractivity contribution in [3.8, 4) is 0 Å². The molecule has 0 bridgehead atoms. The number of carbonyl (C=O) groups excluding carboxylic acids is 3. The van der Waals surface area contributed by atoms with Gasteiger partial charge in [0.05, 0.1) is 5.56 Å². The lowest BCUT2D eigenvalue weighted by Gasteiger charge is -2.30. The van der Waals surface area contributed by atoms with E-state index in [1.165, 1.54) is 12.1 Å². The third-order valence-electron chi connectivity index (χ3n) is 5.83. The molecule has 0 aliphatic carbocycles. The van der Waals surface area contributed by atoms with Crippen molar-refractivity contribution in [2.45, 2.75) is 19.1 Å². The molecule has 2 amide bonds. The van der Waals surface area contributed by atoms with Gasteiger partial charge in [0.25, 0.3) is 5.91 Å². The SMILES string of the molecule is C=CC(=O)Nc1cccc(C(=O)N2CCc3c(cccc3C(=O)c3ccc(C(F)(F)F)cc3)C2)c1. The highest BCUT2D eigenvalue weighted by Crippen LogP contribution is 2.30. The van der Waals surface area contributed by atoms with E-state index in [4.69, 9.17) is 0 Å². The van der Waals surface area contributed by atoms with Crippen molar-refractivity contribution in [2.75, 3.05) is 11.9 Å². The topological polar surface area (TPSA) is 66.5 Å². The van der Waals surface area contributed by atoms with Crippen LogP contribution in [0.4, 0.5) is 18.9 Å². The van der Waals surface area contributed by atoms with Crippen LogP contribution in [0.5, 0.6) is 0 Å². The number of carbonyl (C=O) groups is 3. The van der Waals surface area contributed by atoms with E-state index < -0.39 is 11.7 Å². The summed E-state index contributed by atoms with van der Waals surface area (Å²) in [7, 11) is 0. The molecular formula is C27H21F3N2O3. The molecule has 3 aromatic rings. The van der Waals surface area contributed by atoms with Gasteiger partial charge in [-0.3, -0.25) is 14.4 Å². The van der Waals surface area contributed by atoms with E-state index in [0.29, 0.717) is 29.8 Å². The van der Waals surface area contributed by atoms with E-state index in [1.807, 2.05) is 6.07 Å². The van der Waals surface area contributed by atoms with E-state index in [0.717, 1.165) is 29.3 Å². The maximum atomic E-state index is 13.1. The fourth-order valence-corrected chi connectivity index (χ4v) is 4.07. The lowest BCUT2D eigenvalue weighted by molar-refractivity contribution is -0.137. The fraction of sp³-hybridized carbons (Fsp3) is 0.148. The molecule has 1 aliphatic heterocycles. The average Bonchev–Trinajstić information content (AvgIpc) is 2.86. The maximum Gasteiger partial charge on any atom is 0.416 e. The molecule has 8 heteroatoms. The van der Waals surface area contributed by atoms with Crippen molar-refractivity contribution >= 4 is 23.3 Å². The van der Waals surface area contributed by atoms with Crippen molar-refractivity contribution in [1.29, 1.82) is 0 Å². The van der Waals surface area contributed by atoms with Crippen molar-refractivity contribution < 1.29 is 27.6 Å². The summed E-state index contributed by atoms with van der Waals surface area (Å²) >= 11 is 0. The Morgan fingerprint density at radius 2 is 1.66 bits per heavy atom. The number of rotatable bonds is 5. The predicted octanol–water partition coefficient (Wildman–Crippen LogP) is 5.26. The molecular weight excluding hydrogens is 457 g/mol. The van der Waals surface area contributed by atoms with Crippen LogP contribution in [0.15, 0.2) is 79.4 Å². The molecule has 35 heavy (non-hydrogen) atoms. The smallest absolute Gasteiger partial charge is 0.334 e. The molecule has 1 aliphatic rings. The Labute approximate surface area is 199 Å². The molecule has 0 atom stereocenters. The van der Waals surface area contributed by atoms with Crippen molar-refractivity contribution in [2.24, 2.45) is 0 Å². The lowest BCUT2D eigenvalue weighted by Crippen LogP contribution is -2.36. The second-order valence-electron chi connectivity index (χ2n) is 8.10. The van der Waals surface area contributed by atoms with Gasteiger partial charge < -0.3 is 10.2 Å². The van der Waals surface area contributed by atoms with E-state index >= 15 is 0 Å². The number of hydrogen-bond donors (Lipinski definition) is 1. The van der Waals surface area contributed by atoms with Crippen molar-refractivity contribution in [1.82, 2.24) is 4.90 Å². The summed E-state index contributed by atoms with van der Waals surface area (Å²) < 4.78 is 38.5. The van der Waals surface area contributed by atoms with Crippen LogP contribution in [0.2, 0.25) is 0 Å². The van der Waals surface area contributed by atoms with Gasteiger partial charge in [0.1, 0.15) is 0 Å². The van der Waals surface area contributed by atoms with E-state index in [-0.39, 0.29) is 29.7 Å². The predicted molar refractivity (Wildman–Crippen MR) is 125 cm³/mol. The number of ketones is 1. The molecule has 0 spiro atoms. The average molecular weight is 478 g/mol. The molecule has 1 heterocycles. The number of fused-ring (bicyclic) bond motifs is 1. The number of nitrogens with one attached hydrogen (secondary N) is 1. The number of alkyl halides is 3. The first-order valence-electron chi connectivity index (χ1n) is 10.8. The van der Waals surface area contributed by atoms with Gasteiger partial charge in [-0.25, -0.2) is 0 Å². The normalized spacial score (nSPS) is 13.1. The van der Waals surface area contributed by atoms with Gasteiger partial charge in [0.2, 0.25) is 5.91 Å². The quantitative estimate of drug-likeness (QED) is 0.402. The van der Waals surface area contributed by atoms with Crippen LogP contribution in [-0.2, 0) is 23.9 Å². The first-order chi connectivity index (χ1) is 16.7. The van der Waals surface area contributed by atoms with Crippen molar-refractivity contribution in [3.63, 3.8) is 0 Å². The molecule has 0 radical (unpaired) electrons. The molecule has 0 saturated carbocycles. The van der Waals surface area contributed by atoms with E-state index in [2.05, 4.69) is 11.9 Å². The minimum atomic E-state index is -4.47. The molecule has 0 aromatic heterocycles. The van der Waals surface area contributed by atoms with Crippen LogP contribution >= 0.6 is 0 Å². The fourth-order valence-electron chi connectivity index (χ4n) is 4.07. The molecule has 4 rings (SSSR count). The van der Waals surface area contributed by atoms with Gasteiger partial charge in [0, 0.05) is 35.5 Å². The molecule has 0 unspecified atom stereocenters. The summed E-state index contributed by atoms with van der Waals surface area (Å²) in [6.07, 6.45) is -2.91. The largest absolute Gasteiger partial charge is 0.416 e. The minimum Gasteiger partial charge on any atom is -0.334 e. The molecule has 5 nitrogen and oxygen atoms in total.